The summed E-state index contributed by atoms with van der Waals surface area (Å²) in [4.78, 5) is 3.13. The van der Waals surface area contributed by atoms with Crippen LogP contribution in [0.3, 0.4) is 0 Å². The third kappa shape index (κ3) is 2.17. The Morgan fingerprint density at radius 3 is 2.68 bits per heavy atom. The molecule has 19 heavy (non-hydrogen) atoms. The lowest BCUT2D eigenvalue weighted by Crippen LogP contribution is -2.32. The van der Waals surface area contributed by atoms with Crippen molar-refractivity contribution in [3.05, 3.63) is 27.2 Å². The van der Waals surface area contributed by atoms with Crippen molar-refractivity contribution in [3.63, 3.8) is 0 Å². The van der Waals surface area contributed by atoms with Crippen molar-refractivity contribution >= 4 is 39.2 Å². The minimum Gasteiger partial charge on any atom is -0.330 e. The zero-order valence-corrected chi connectivity index (χ0v) is 13.2. The van der Waals surface area contributed by atoms with Gasteiger partial charge >= 0.3 is 0 Å². The molecule has 1 aromatic carbocycles. The highest BCUT2D eigenvalue weighted by Gasteiger charge is 2.30. The molecule has 0 saturated heterocycles. The van der Waals surface area contributed by atoms with Crippen LogP contribution in [0.5, 0.6) is 0 Å². The first kappa shape index (κ1) is 13.3. The van der Waals surface area contributed by atoms with E-state index in [-0.39, 0.29) is 11.4 Å². The molecule has 0 amide bonds. The molecule has 102 valence electrons. The molecule has 1 aliphatic carbocycles. The van der Waals surface area contributed by atoms with Gasteiger partial charge < -0.3 is 9.55 Å². The first-order valence-electron chi connectivity index (χ1n) is 6.61. The second kappa shape index (κ2) is 4.70. The molecular formula is C14H16BrFN2S. The highest BCUT2D eigenvalue weighted by Crippen LogP contribution is 2.37. The third-order valence-corrected chi connectivity index (χ3v) is 5.09. The van der Waals surface area contributed by atoms with Crippen molar-refractivity contribution in [2.45, 2.75) is 44.6 Å². The van der Waals surface area contributed by atoms with E-state index in [4.69, 9.17) is 12.2 Å². The van der Waals surface area contributed by atoms with E-state index in [1.807, 2.05) is 6.07 Å². The van der Waals surface area contributed by atoms with E-state index in [9.17, 15) is 4.39 Å². The van der Waals surface area contributed by atoms with Gasteiger partial charge in [-0.3, -0.25) is 0 Å². The molecule has 2 aromatic rings. The van der Waals surface area contributed by atoms with Crippen LogP contribution in [0, 0.1) is 10.6 Å². The van der Waals surface area contributed by atoms with Crippen molar-refractivity contribution in [1.82, 2.24) is 9.55 Å². The Hall–Kier alpha value is -0.680. The number of hydrogen-bond donors (Lipinski definition) is 1. The Morgan fingerprint density at radius 1 is 1.32 bits per heavy atom. The molecule has 1 N–H and O–H groups in total. The second-order valence-corrected chi connectivity index (χ2v) is 6.85. The lowest BCUT2D eigenvalue weighted by Gasteiger charge is -2.35. The number of halogens is 2. The standard InChI is InChI=1S/C14H16BrFN2S/c1-14(5-3-2-4-6-14)18-12-7-9(15)10(16)8-11(12)17-13(18)19/h7-8H,2-6H2,1H3,(H,17,19). The molecule has 2 nitrogen and oxygen atoms in total. The zero-order valence-electron chi connectivity index (χ0n) is 10.8. The molecule has 0 spiro atoms. The predicted molar refractivity (Wildman–Crippen MR) is 81.5 cm³/mol. The minimum atomic E-state index is -0.260. The summed E-state index contributed by atoms with van der Waals surface area (Å²) in [5.74, 6) is -0.260. The fourth-order valence-electron chi connectivity index (χ4n) is 3.17. The maximum Gasteiger partial charge on any atom is 0.178 e. The summed E-state index contributed by atoms with van der Waals surface area (Å²) in [5, 5.41) is 0. The van der Waals surface area contributed by atoms with Crippen molar-refractivity contribution < 1.29 is 4.39 Å². The van der Waals surface area contributed by atoms with Gasteiger partial charge in [0.2, 0.25) is 0 Å². The number of rotatable bonds is 1. The lowest BCUT2D eigenvalue weighted by molar-refractivity contribution is 0.222. The summed E-state index contributed by atoms with van der Waals surface area (Å²) in [7, 11) is 0. The average molecular weight is 343 g/mol. The molecule has 0 bridgehead atoms. The topological polar surface area (TPSA) is 20.7 Å². The summed E-state index contributed by atoms with van der Waals surface area (Å²) in [6.07, 6.45) is 6.01. The van der Waals surface area contributed by atoms with Crippen molar-refractivity contribution in [2.24, 2.45) is 0 Å². The van der Waals surface area contributed by atoms with Gasteiger partial charge in [0.05, 0.1) is 15.5 Å². The smallest absolute Gasteiger partial charge is 0.178 e. The molecular weight excluding hydrogens is 327 g/mol. The largest absolute Gasteiger partial charge is 0.330 e. The SMILES string of the molecule is CC1(n2c(=S)[nH]c3cc(F)c(Br)cc32)CCCCC1. The van der Waals surface area contributed by atoms with Crippen LogP contribution in [0.1, 0.15) is 39.0 Å². The number of imidazole rings is 1. The van der Waals surface area contributed by atoms with E-state index in [1.165, 1.54) is 25.3 Å². The molecule has 5 heteroatoms. The molecule has 1 fully saturated rings. The number of benzene rings is 1. The van der Waals surface area contributed by atoms with Gasteiger partial charge in [0, 0.05) is 11.6 Å². The maximum atomic E-state index is 13.6. The van der Waals surface area contributed by atoms with E-state index in [0.717, 1.165) is 23.9 Å². The fourth-order valence-corrected chi connectivity index (χ4v) is 3.93. The lowest BCUT2D eigenvalue weighted by atomic mass is 9.83. The number of nitrogens with zero attached hydrogens (tertiary/aromatic N) is 1. The van der Waals surface area contributed by atoms with Crippen molar-refractivity contribution in [3.8, 4) is 0 Å². The summed E-state index contributed by atoms with van der Waals surface area (Å²) < 4.78 is 17.0. The van der Waals surface area contributed by atoms with Crippen molar-refractivity contribution in [2.75, 3.05) is 0 Å². The van der Waals surface area contributed by atoms with Crippen LogP contribution in [-0.2, 0) is 5.54 Å². The summed E-state index contributed by atoms with van der Waals surface area (Å²) in [6.45, 7) is 2.26. The van der Waals surface area contributed by atoms with E-state index in [1.54, 1.807) is 0 Å². The summed E-state index contributed by atoms with van der Waals surface area (Å²) >= 11 is 8.73. The molecule has 1 aromatic heterocycles. The Morgan fingerprint density at radius 2 is 2.00 bits per heavy atom. The zero-order chi connectivity index (χ0) is 13.6. The summed E-state index contributed by atoms with van der Waals surface area (Å²) in [6, 6.07) is 3.34. The fraction of sp³-hybridized carbons (Fsp3) is 0.500. The number of nitrogens with one attached hydrogen (secondary N) is 1. The molecule has 1 heterocycles. The van der Waals surface area contributed by atoms with E-state index < -0.39 is 0 Å². The quantitative estimate of drug-likeness (QED) is 0.699. The molecule has 0 aliphatic heterocycles. The maximum absolute atomic E-state index is 13.6. The second-order valence-electron chi connectivity index (χ2n) is 5.61. The van der Waals surface area contributed by atoms with Gasteiger partial charge in [-0.1, -0.05) is 19.3 Å². The van der Waals surface area contributed by atoms with Gasteiger partial charge in [0.25, 0.3) is 0 Å². The van der Waals surface area contributed by atoms with Gasteiger partial charge in [-0.25, -0.2) is 4.39 Å². The highest BCUT2D eigenvalue weighted by atomic mass is 79.9. The number of hydrogen-bond acceptors (Lipinski definition) is 1. The molecule has 0 radical (unpaired) electrons. The van der Waals surface area contributed by atoms with E-state index in [2.05, 4.69) is 32.4 Å². The summed E-state index contributed by atoms with van der Waals surface area (Å²) in [5.41, 5.74) is 1.81. The molecule has 3 rings (SSSR count). The van der Waals surface area contributed by atoms with Crippen LogP contribution in [0.2, 0.25) is 0 Å². The average Bonchev–Trinajstić information content (AvgIpc) is 2.67. The van der Waals surface area contributed by atoms with Gasteiger partial charge in [-0.2, -0.15) is 0 Å². The van der Waals surface area contributed by atoms with E-state index >= 15 is 0 Å². The van der Waals surface area contributed by atoms with Crippen LogP contribution >= 0.6 is 28.1 Å². The Balaban J connectivity index is 2.25. The van der Waals surface area contributed by atoms with Crippen molar-refractivity contribution in [1.29, 1.82) is 0 Å². The number of aromatic amines is 1. The van der Waals surface area contributed by atoms with Gasteiger partial charge in [0.15, 0.2) is 4.77 Å². The predicted octanol–water partition coefficient (Wildman–Crippen LogP) is 5.28. The van der Waals surface area contributed by atoms with Gasteiger partial charge in [-0.15, -0.1) is 0 Å². The number of H-pyrrole nitrogens is 1. The van der Waals surface area contributed by atoms with Crippen LogP contribution in [0.25, 0.3) is 11.0 Å². The molecule has 0 unspecified atom stereocenters. The Kier molecular flexibility index (Phi) is 3.29. The van der Waals surface area contributed by atoms with Crippen LogP contribution in [0.4, 0.5) is 4.39 Å². The van der Waals surface area contributed by atoms with Crippen LogP contribution in [0.15, 0.2) is 16.6 Å². The third-order valence-electron chi connectivity index (χ3n) is 4.19. The van der Waals surface area contributed by atoms with Crippen LogP contribution in [-0.4, -0.2) is 9.55 Å². The van der Waals surface area contributed by atoms with E-state index in [0.29, 0.717) is 9.24 Å². The number of aromatic nitrogens is 2. The molecule has 0 atom stereocenters. The minimum absolute atomic E-state index is 0.0465. The number of fused-ring (bicyclic) bond motifs is 1. The van der Waals surface area contributed by atoms with Gasteiger partial charge in [-0.05, 0) is 54.0 Å². The highest BCUT2D eigenvalue weighted by molar-refractivity contribution is 9.10. The first-order chi connectivity index (χ1) is 9.01. The molecule has 1 saturated carbocycles. The Labute approximate surface area is 125 Å². The van der Waals surface area contributed by atoms with Gasteiger partial charge in [0.1, 0.15) is 5.82 Å². The molecule has 1 aliphatic rings. The monoisotopic (exact) mass is 342 g/mol. The Bertz CT molecular complexity index is 683. The van der Waals surface area contributed by atoms with Crippen LogP contribution < -0.4 is 0 Å². The first-order valence-corrected chi connectivity index (χ1v) is 7.82. The normalized spacial score (nSPS) is 18.9.